The van der Waals surface area contributed by atoms with E-state index in [9.17, 15) is 4.79 Å². The molecule has 0 bridgehead atoms. The molecule has 1 fully saturated rings. The normalized spacial score (nSPS) is 16.8. The SMILES string of the molecule is CC(C)CCCNC(=O)NCC(c1ccccc1)N1CCOCC1. The summed E-state index contributed by atoms with van der Waals surface area (Å²) in [5.41, 5.74) is 1.24. The molecule has 24 heavy (non-hydrogen) atoms. The van der Waals surface area contributed by atoms with Crippen LogP contribution in [0.1, 0.15) is 38.3 Å². The van der Waals surface area contributed by atoms with Gasteiger partial charge < -0.3 is 15.4 Å². The Hall–Kier alpha value is -1.59. The van der Waals surface area contributed by atoms with Gasteiger partial charge in [0.25, 0.3) is 0 Å². The molecule has 2 rings (SSSR count). The highest BCUT2D eigenvalue weighted by atomic mass is 16.5. The van der Waals surface area contributed by atoms with Gasteiger partial charge in [-0.1, -0.05) is 44.2 Å². The lowest BCUT2D eigenvalue weighted by atomic mass is 10.0. The van der Waals surface area contributed by atoms with Crippen molar-refractivity contribution < 1.29 is 9.53 Å². The Morgan fingerprint density at radius 1 is 1.17 bits per heavy atom. The molecule has 1 aliphatic heterocycles. The molecule has 0 aliphatic carbocycles. The van der Waals surface area contributed by atoms with E-state index in [2.05, 4.69) is 53.6 Å². The summed E-state index contributed by atoms with van der Waals surface area (Å²) in [4.78, 5) is 14.4. The zero-order valence-corrected chi connectivity index (χ0v) is 15.0. The summed E-state index contributed by atoms with van der Waals surface area (Å²) in [5, 5.41) is 5.99. The van der Waals surface area contributed by atoms with E-state index < -0.39 is 0 Å². The molecule has 1 saturated heterocycles. The first-order valence-corrected chi connectivity index (χ1v) is 9.05. The smallest absolute Gasteiger partial charge is 0.314 e. The average Bonchev–Trinajstić information content (AvgIpc) is 2.61. The van der Waals surface area contributed by atoms with Crippen molar-refractivity contribution in [3.05, 3.63) is 35.9 Å². The van der Waals surface area contributed by atoms with Crippen molar-refractivity contribution in [3.63, 3.8) is 0 Å². The van der Waals surface area contributed by atoms with Gasteiger partial charge in [0.2, 0.25) is 0 Å². The molecule has 1 heterocycles. The van der Waals surface area contributed by atoms with Crippen molar-refractivity contribution in [3.8, 4) is 0 Å². The molecule has 2 N–H and O–H groups in total. The number of nitrogens with one attached hydrogen (secondary N) is 2. The van der Waals surface area contributed by atoms with Crippen LogP contribution in [0.5, 0.6) is 0 Å². The number of nitrogens with zero attached hydrogens (tertiary/aromatic N) is 1. The number of carbonyl (C=O) groups is 1. The lowest BCUT2D eigenvalue weighted by Gasteiger charge is -2.34. The van der Waals surface area contributed by atoms with E-state index in [0.29, 0.717) is 12.5 Å². The molecule has 134 valence electrons. The number of ether oxygens (including phenoxy) is 1. The second-order valence-electron chi connectivity index (χ2n) is 6.75. The number of amides is 2. The molecule has 2 amide bonds. The fraction of sp³-hybridized carbons (Fsp3) is 0.632. The Bertz CT molecular complexity index is 473. The van der Waals surface area contributed by atoms with Crippen molar-refractivity contribution in [2.24, 2.45) is 5.92 Å². The number of morpholine rings is 1. The van der Waals surface area contributed by atoms with Crippen LogP contribution in [-0.4, -0.2) is 50.3 Å². The third-order valence-electron chi connectivity index (χ3n) is 4.37. The predicted octanol–water partition coefficient (Wildman–Crippen LogP) is 2.80. The first kappa shape index (κ1) is 18.7. The number of carbonyl (C=O) groups excluding carboxylic acids is 1. The van der Waals surface area contributed by atoms with Crippen LogP contribution in [0.4, 0.5) is 4.79 Å². The quantitative estimate of drug-likeness (QED) is 0.719. The van der Waals surface area contributed by atoms with Crippen molar-refractivity contribution in [2.45, 2.75) is 32.7 Å². The lowest BCUT2D eigenvalue weighted by molar-refractivity contribution is 0.0167. The van der Waals surface area contributed by atoms with E-state index in [-0.39, 0.29) is 12.1 Å². The minimum Gasteiger partial charge on any atom is -0.379 e. The molecule has 1 unspecified atom stereocenters. The van der Waals surface area contributed by atoms with E-state index >= 15 is 0 Å². The highest BCUT2D eigenvalue weighted by Crippen LogP contribution is 2.20. The largest absolute Gasteiger partial charge is 0.379 e. The minimum atomic E-state index is -0.0760. The molecule has 1 aromatic rings. The number of benzene rings is 1. The molecule has 0 saturated carbocycles. The topological polar surface area (TPSA) is 53.6 Å². The van der Waals surface area contributed by atoms with E-state index in [1.54, 1.807) is 0 Å². The van der Waals surface area contributed by atoms with Crippen LogP contribution >= 0.6 is 0 Å². The third kappa shape index (κ3) is 6.49. The fourth-order valence-corrected chi connectivity index (χ4v) is 2.99. The average molecular weight is 333 g/mol. The maximum absolute atomic E-state index is 12.0. The zero-order chi connectivity index (χ0) is 17.2. The number of urea groups is 1. The summed E-state index contributed by atoms with van der Waals surface area (Å²) in [6.07, 6.45) is 2.16. The number of hydrogen-bond acceptors (Lipinski definition) is 3. The number of hydrogen-bond donors (Lipinski definition) is 2. The molecule has 1 aliphatic rings. The van der Waals surface area contributed by atoms with Crippen molar-refractivity contribution in [1.29, 1.82) is 0 Å². The van der Waals surface area contributed by atoms with Crippen LogP contribution in [-0.2, 0) is 4.74 Å². The van der Waals surface area contributed by atoms with Gasteiger partial charge in [0.1, 0.15) is 0 Å². The van der Waals surface area contributed by atoms with Gasteiger partial charge in [-0.05, 0) is 24.3 Å². The van der Waals surface area contributed by atoms with Gasteiger partial charge >= 0.3 is 6.03 Å². The molecule has 0 spiro atoms. The Morgan fingerprint density at radius 3 is 2.54 bits per heavy atom. The Kier molecular flexibility index (Phi) is 8.05. The predicted molar refractivity (Wildman–Crippen MR) is 97.0 cm³/mol. The highest BCUT2D eigenvalue weighted by molar-refractivity contribution is 5.73. The summed E-state index contributed by atoms with van der Waals surface area (Å²) in [7, 11) is 0. The zero-order valence-electron chi connectivity index (χ0n) is 15.0. The summed E-state index contributed by atoms with van der Waals surface area (Å²) in [5.74, 6) is 0.679. The second-order valence-corrected chi connectivity index (χ2v) is 6.75. The van der Waals surface area contributed by atoms with E-state index in [0.717, 1.165) is 45.7 Å². The van der Waals surface area contributed by atoms with Gasteiger partial charge in [0, 0.05) is 26.2 Å². The van der Waals surface area contributed by atoms with Crippen LogP contribution in [0.3, 0.4) is 0 Å². The van der Waals surface area contributed by atoms with Crippen molar-refractivity contribution in [2.75, 3.05) is 39.4 Å². The van der Waals surface area contributed by atoms with Gasteiger partial charge in [-0.15, -0.1) is 0 Å². The molecule has 1 atom stereocenters. The van der Waals surface area contributed by atoms with E-state index in [1.807, 2.05) is 6.07 Å². The summed E-state index contributed by atoms with van der Waals surface area (Å²) < 4.78 is 5.45. The first-order valence-electron chi connectivity index (χ1n) is 9.05. The van der Waals surface area contributed by atoms with Crippen LogP contribution in [0.15, 0.2) is 30.3 Å². The van der Waals surface area contributed by atoms with Gasteiger partial charge in [-0.2, -0.15) is 0 Å². The molecular formula is C19H31N3O2. The van der Waals surface area contributed by atoms with E-state index in [4.69, 9.17) is 4.74 Å². The minimum absolute atomic E-state index is 0.0760. The molecule has 5 nitrogen and oxygen atoms in total. The van der Waals surface area contributed by atoms with E-state index in [1.165, 1.54) is 5.56 Å². The summed E-state index contributed by atoms with van der Waals surface area (Å²) >= 11 is 0. The Morgan fingerprint density at radius 2 is 1.88 bits per heavy atom. The van der Waals surface area contributed by atoms with Gasteiger partial charge in [-0.25, -0.2) is 4.79 Å². The van der Waals surface area contributed by atoms with Crippen LogP contribution in [0.2, 0.25) is 0 Å². The van der Waals surface area contributed by atoms with Gasteiger partial charge in [0.05, 0.1) is 19.3 Å². The van der Waals surface area contributed by atoms with Gasteiger partial charge in [0.15, 0.2) is 0 Å². The van der Waals surface area contributed by atoms with Crippen LogP contribution < -0.4 is 10.6 Å². The first-order chi connectivity index (χ1) is 11.7. The Labute approximate surface area is 145 Å². The second kappa shape index (κ2) is 10.3. The molecular weight excluding hydrogens is 302 g/mol. The number of rotatable bonds is 8. The molecule has 0 aromatic heterocycles. The Balaban J connectivity index is 1.83. The van der Waals surface area contributed by atoms with Crippen LogP contribution in [0, 0.1) is 5.92 Å². The maximum Gasteiger partial charge on any atom is 0.314 e. The summed E-state index contributed by atoms with van der Waals surface area (Å²) in [6, 6.07) is 10.5. The maximum atomic E-state index is 12.0. The monoisotopic (exact) mass is 333 g/mol. The van der Waals surface area contributed by atoms with Crippen molar-refractivity contribution in [1.82, 2.24) is 15.5 Å². The molecule has 1 aromatic carbocycles. The van der Waals surface area contributed by atoms with Crippen molar-refractivity contribution >= 4 is 6.03 Å². The van der Waals surface area contributed by atoms with Gasteiger partial charge in [-0.3, -0.25) is 4.90 Å². The van der Waals surface area contributed by atoms with Crippen LogP contribution in [0.25, 0.3) is 0 Å². The lowest BCUT2D eigenvalue weighted by Crippen LogP contribution is -2.45. The third-order valence-corrected chi connectivity index (χ3v) is 4.37. The summed E-state index contributed by atoms with van der Waals surface area (Å²) in [6.45, 7) is 9.06. The molecule has 0 radical (unpaired) electrons. The fourth-order valence-electron chi connectivity index (χ4n) is 2.99. The molecule has 5 heteroatoms. The standard InChI is InChI=1S/C19H31N3O2/c1-16(2)7-6-10-20-19(23)21-15-18(17-8-4-3-5-9-17)22-11-13-24-14-12-22/h3-5,8-9,16,18H,6-7,10-15H2,1-2H3,(H2,20,21,23). The highest BCUT2D eigenvalue weighted by Gasteiger charge is 2.22.